The van der Waals surface area contributed by atoms with Crippen molar-refractivity contribution < 1.29 is 9.84 Å². The Morgan fingerprint density at radius 3 is 3.00 bits per heavy atom. The van der Waals surface area contributed by atoms with E-state index < -0.39 is 0 Å². The summed E-state index contributed by atoms with van der Waals surface area (Å²) in [6.07, 6.45) is -0.0741. The number of nitrogens with zero attached hydrogens (tertiary/aromatic N) is 1. The van der Waals surface area contributed by atoms with Gasteiger partial charge in [0, 0.05) is 6.92 Å². The van der Waals surface area contributed by atoms with Crippen molar-refractivity contribution in [3.63, 3.8) is 0 Å². The van der Waals surface area contributed by atoms with Gasteiger partial charge in [-0.2, -0.15) is 0 Å². The number of aliphatic imine (C=N–C) groups is 1. The zero-order chi connectivity index (χ0) is 5.98. The van der Waals surface area contributed by atoms with Crippen molar-refractivity contribution in [1.82, 2.24) is 0 Å². The first-order valence-electron chi connectivity index (χ1n) is 2.61. The fourth-order valence-electron chi connectivity index (χ4n) is 0.641. The first kappa shape index (κ1) is 5.56. The topological polar surface area (TPSA) is 41.8 Å². The molecule has 0 aromatic rings. The molecule has 0 unspecified atom stereocenters. The minimum Gasteiger partial charge on any atom is -0.474 e. The van der Waals surface area contributed by atoms with Crippen LogP contribution in [-0.4, -0.2) is 30.3 Å². The lowest BCUT2D eigenvalue weighted by atomic mass is 10.4. The Kier molecular flexibility index (Phi) is 1.48. The minimum absolute atomic E-state index is 0.0703. The van der Waals surface area contributed by atoms with Crippen molar-refractivity contribution in [1.29, 1.82) is 0 Å². The summed E-state index contributed by atoms with van der Waals surface area (Å²) in [7, 11) is 0. The molecule has 0 radical (unpaired) electrons. The molecule has 1 atom stereocenters. The SMILES string of the molecule is CC1=NC[C@H](CO)O1. The van der Waals surface area contributed by atoms with E-state index in [2.05, 4.69) is 4.99 Å². The average Bonchev–Trinajstić information content (AvgIpc) is 2.14. The molecule has 0 fully saturated rings. The largest absolute Gasteiger partial charge is 0.474 e. The molecule has 8 heavy (non-hydrogen) atoms. The number of hydrogen-bond acceptors (Lipinski definition) is 3. The molecule has 1 aliphatic rings. The first-order valence-corrected chi connectivity index (χ1v) is 2.61. The van der Waals surface area contributed by atoms with Gasteiger partial charge in [-0.15, -0.1) is 0 Å². The molecule has 3 nitrogen and oxygen atoms in total. The van der Waals surface area contributed by atoms with Gasteiger partial charge in [0.25, 0.3) is 0 Å². The van der Waals surface area contributed by atoms with E-state index in [0.29, 0.717) is 12.4 Å². The van der Waals surface area contributed by atoms with Crippen LogP contribution in [0.3, 0.4) is 0 Å². The molecule has 46 valence electrons. The molecular formula is C5H9NO2. The van der Waals surface area contributed by atoms with Crippen molar-refractivity contribution >= 4 is 5.90 Å². The Balaban J connectivity index is 2.32. The van der Waals surface area contributed by atoms with Gasteiger partial charge in [0.15, 0.2) is 5.90 Å². The summed E-state index contributed by atoms with van der Waals surface area (Å²) in [5, 5.41) is 8.49. The van der Waals surface area contributed by atoms with E-state index in [0.717, 1.165) is 0 Å². The highest BCUT2D eigenvalue weighted by Crippen LogP contribution is 2.01. The van der Waals surface area contributed by atoms with Gasteiger partial charge in [-0.05, 0) is 0 Å². The molecule has 0 spiro atoms. The van der Waals surface area contributed by atoms with Crippen molar-refractivity contribution in [3.8, 4) is 0 Å². The van der Waals surface area contributed by atoms with Gasteiger partial charge in [0.1, 0.15) is 6.10 Å². The highest BCUT2D eigenvalue weighted by molar-refractivity contribution is 5.74. The van der Waals surface area contributed by atoms with Crippen LogP contribution in [0.25, 0.3) is 0 Å². The van der Waals surface area contributed by atoms with E-state index in [1.807, 2.05) is 0 Å². The molecule has 0 aliphatic carbocycles. The van der Waals surface area contributed by atoms with E-state index in [-0.39, 0.29) is 12.7 Å². The maximum atomic E-state index is 8.49. The maximum absolute atomic E-state index is 8.49. The first-order chi connectivity index (χ1) is 3.83. The molecule has 0 aromatic heterocycles. The lowest BCUT2D eigenvalue weighted by Crippen LogP contribution is -2.16. The molecule has 3 heteroatoms. The van der Waals surface area contributed by atoms with E-state index >= 15 is 0 Å². The van der Waals surface area contributed by atoms with Crippen LogP contribution < -0.4 is 0 Å². The average molecular weight is 115 g/mol. The van der Waals surface area contributed by atoms with E-state index in [1.165, 1.54) is 0 Å². The number of aliphatic hydroxyl groups is 1. The van der Waals surface area contributed by atoms with Crippen molar-refractivity contribution in [3.05, 3.63) is 0 Å². The summed E-state index contributed by atoms with van der Waals surface area (Å²) in [4.78, 5) is 3.92. The zero-order valence-electron chi connectivity index (χ0n) is 4.79. The smallest absolute Gasteiger partial charge is 0.180 e. The monoisotopic (exact) mass is 115 g/mol. The van der Waals surface area contributed by atoms with Crippen LogP contribution in [0.2, 0.25) is 0 Å². The lowest BCUT2D eigenvalue weighted by molar-refractivity contribution is 0.129. The summed E-state index contributed by atoms with van der Waals surface area (Å²) < 4.78 is 5.01. The quantitative estimate of drug-likeness (QED) is 0.514. The molecule has 0 saturated heterocycles. The maximum Gasteiger partial charge on any atom is 0.180 e. The van der Waals surface area contributed by atoms with Gasteiger partial charge >= 0.3 is 0 Å². The van der Waals surface area contributed by atoms with Crippen molar-refractivity contribution in [2.45, 2.75) is 13.0 Å². The van der Waals surface area contributed by atoms with Gasteiger partial charge in [-0.1, -0.05) is 0 Å². The highest BCUT2D eigenvalue weighted by atomic mass is 16.5. The molecule has 1 aliphatic heterocycles. The number of aliphatic hydroxyl groups excluding tert-OH is 1. The van der Waals surface area contributed by atoms with Gasteiger partial charge in [0.2, 0.25) is 0 Å². The molecule has 1 N–H and O–H groups in total. The van der Waals surface area contributed by atoms with Gasteiger partial charge in [-0.3, -0.25) is 4.99 Å². The Morgan fingerprint density at radius 2 is 2.75 bits per heavy atom. The Hall–Kier alpha value is -0.570. The second-order valence-electron chi connectivity index (χ2n) is 1.78. The van der Waals surface area contributed by atoms with Crippen LogP contribution in [0.5, 0.6) is 0 Å². The van der Waals surface area contributed by atoms with Crippen LogP contribution in [0.1, 0.15) is 6.92 Å². The summed E-state index contributed by atoms with van der Waals surface area (Å²) in [5.41, 5.74) is 0. The summed E-state index contributed by atoms with van der Waals surface area (Å²) in [6.45, 7) is 2.47. The summed E-state index contributed by atoms with van der Waals surface area (Å²) in [6, 6.07) is 0. The fraction of sp³-hybridized carbons (Fsp3) is 0.800. The van der Waals surface area contributed by atoms with Crippen molar-refractivity contribution in [2.24, 2.45) is 4.99 Å². The molecule has 1 heterocycles. The van der Waals surface area contributed by atoms with Crippen LogP contribution in [0, 0.1) is 0 Å². The predicted octanol–water partition coefficient (Wildman–Crippen LogP) is -0.204. The van der Waals surface area contributed by atoms with E-state index in [4.69, 9.17) is 9.84 Å². The molecular weight excluding hydrogens is 106 g/mol. The second kappa shape index (κ2) is 2.13. The third-order valence-electron chi connectivity index (χ3n) is 1.06. The normalized spacial score (nSPS) is 27.2. The van der Waals surface area contributed by atoms with Crippen LogP contribution in [-0.2, 0) is 4.74 Å². The third kappa shape index (κ3) is 0.980. The number of ether oxygens (including phenoxy) is 1. The fourth-order valence-corrected chi connectivity index (χ4v) is 0.641. The van der Waals surface area contributed by atoms with Gasteiger partial charge in [0.05, 0.1) is 13.2 Å². The minimum atomic E-state index is -0.0741. The molecule has 0 saturated carbocycles. The van der Waals surface area contributed by atoms with Crippen LogP contribution in [0.15, 0.2) is 4.99 Å². The highest BCUT2D eigenvalue weighted by Gasteiger charge is 2.13. The Bertz CT molecular complexity index is 111. The standard InChI is InChI=1S/C5H9NO2/c1-4-6-2-5(3-7)8-4/h5,7H,2-3H2,1H3/t5-/m1/s1. The summed E-state index contributed by atoms with van der Waals surface area (Å²) in [5.74, 6) is 0.684. The number of rotatable bonds is 1. The Morgan fingerprint density at radius 1 is 2.00 bits per heavy atom. The van der Waals surface area contributed by atoms with E-state index in [1.54, 1.807) is 6.92 Å². The Labute approximate surface area is 48.0 Å². The third-order valence-corrected chi connectivity index (χ3v) is 1.06. The zero-order valence-corrected chi connectivity index (χ0v) is 4.79. The second-order valence-corrected chi connectivity index (χ2v) is 1.78. The van der Waals surface area contributed by atoms with Crippen LogP contribution >= 0.6 is 0 Å². The lowest BCUT2D eigenvalue weighted by Gasteiger charge is -2.03. The van der Waals surface area contributed by atoms with Gasteiger partial charge in [-0.25, -0.2) is 0 Å². The van der Waals surface area contributed by atoms with Gasteiger partial charge < -0.3 is 9.84 Å². The molecule has 1 rings (SSSR count). The molecule has 0 aromatic carbocycles. The van der Waals surface area contributed by atoms with E-state index in [9.17, 15) is 0 Å². The molecule has 0 bridgehead atoms. The molecule has 0 amide bonds. The van der Waals surface area contributed by atoms with Crippen LogP contribution in [0.4, 0.5) is 0 Å². The van der Waals surface area contributed by atoms with Crippen molar-refractivity contribution in [2.75, 3.05) is 13.2 Å². The predicted molar refractivity (Wildman–Crippen MR) is 29.9 cm³/mol. The number of hydrogen-bond donors (Lipinski definition) is 1. The summed E-state index contributed by atoms with van der Waals surface area (Å²) >= 11 is 0.